The molecule has 0 aliphatic heterocycles. The molecular weight excluding hydrogens is 176 g/mol. The Morgan fingerprint density at radius 2 is 1.71 bits per heavy atom. The van der Waals surface area contributed by atoms with Crippen molar-refractivity contribution >= 4 is 0 Å². The Hall–Kier alpha value is -0.0800. The van der Waals surface area contributed by atoms with E-state index in [-0.39, 0.29) is 6.29 Å². The van der Waals surface area contributed by atoms with Gasteiger partial charge in [-0.25, -0.2) is 0 Å². The molecule has 0 aromatic rings. The van der Waals surface area contributed by atoms with Crippen molar-refractivity contribution < 1.29 is 9.47 Å². The normalized spacial score (nSPS) is 30.2. The number of hydrogen-bond acceptors (Lipinski definition) is 2. The number of methoxy groups -OCH3 is 1. The predicted octanol–water partition coefficient (Wildman–Crippen LogP) is 3.21. The van der Waals surface area contributed by atoms with Crippen LogP contribution in [0.4, 0.5) is 0 Å². The molecule has 1 aliphatic rings. The first-order valence-corrected chi connectivity index (χ1v) is 5.90. The predicted molar refractivity (Wildman–Crippen MR) is 58.2 cm³/mol. The van der Waals surface area contributed by atoms with Crippen LogP contribution in [0.3, 0.4) is 0 Å². The minimum atomic E-state index is -0.0427. The Kier molecular flexibility index (Phi) is 5.49. The van der Waals surface area contributed by atoms with Crippen molar-refractivity contribution in [2.45, 2.75) is 52.2 Å². The van der Waals surface area contributed by atoms with Gasteiger partial charge in [-0.2, -0.15) is 0 Å². The van der Waals surface area contributed by atoms with Gasteiger partial charge in [0, 0.05) is 7.11 Å². The quantitative estimate of drug-likeness (QED) is 0.634. The van der Waals surface area contributed by atoms with Crippen LogP contribution in [0.15, 0.2) is 0 Å². The summed E-state index contributed by atoms with van der Waals surface area (Å²) in [5, 5.41) is 0. The van der Waals surface area contributed by atoms with E-state index in [4.69, 9.17) is 9.47 Å². The van der Waals surface area contributed by atoms with Gasteiger partial charge in [-0.3, -0.25) is 0 Å². The second-order valence-electron chi connectivity index (χ2n) is 4.43. The van der Waals surface area contributed by atoms with Crippen molar-refractivity contribution in [3.8, 4) is 0 Å². The van der Waals surface area contributed by atoms with E-state index in [1.54, 1.807) is 7.11 Å². The van der Waals surface area contributed by atoms with Crippen molar-refractivity contribution in [3.05, 3.63) is 0 Å². The summed E-state index contributed by atoms with van der Waals surface area (Å²) in [4.78, 5) is 0. The third-order valence-corrected chi connectivity index (χ3v) is 3.44. The van der Waals surface area contributed by atoms with Crippen LogP contribution in [-0.2, 0) is 9.47 Å². The topological polar surface area (TPSA) is 18.5 Å². The summed E-state index contributed by atoms with van der Waals surface area (Å²) in [7, 11) is 1.69. The van der Waals surface area contributed by atoms with Crippen molar-refractivity contribution in [3.63, 3.8) is 0 Å². The molecule has 0 bridgehead atoms. The van der Waals surface area contributed by atoms with Crippen molar-refractivity contribution in [2.75, 3.05) is 13.7 Å². The highest BCUT2D eigenvalue weighted by molar-refractivity contribution is 4.71. The number of hydrogen-bond donors (Lipinski definition) is 0. The summed E-state index contributed by atoms with van der Waals surface area (Å²) in [5.41, 5.74) is 0. The van der Waals surface area contributed by atoms with Crippen LogP contribution in [-0.4, -0.2) is 20.0 Å². The van der Waals surface area contributed by atoms with Gasteiger partial charge >= 0.3 is 0 Å². The summed E-state index contributed by atoms with van der Waals surface area (Å²) < 4.78 is 10.6. The lowest BCUT2D eigenvalue weighted by atomic mass is 9.81. The van der Waals surface area contributed by atoms with E-state index in [0.29, 0.717) is 0 Å². The highest BCUT2D eigenvalue weighted by Crippen LogP contribution is 2.30. The monoisotopic (exact) mass is 200 g/mol. The molecule has 0 N–H and O–H groups in total. The van der Waals surface area contributed by atoms with Crippen molar-refractivity contribution in [1.29, 1.82) is 0 Å². The average Bonchev–Trinajstić information content (AvgIpc) is 2.26. The molecule has 1 aliphatic carbocycles. The van der Waals surface area contributed by atoms with Crippen LogP contribution in [0.25, 0.3) is 0 Å². The SMILES string of the molecule is CCC1CCC(COC(C)OC)CC1. The van der Waals surface area contributed by atoms with Crippen LogP contribution in [0.1, 0.15) is 46.0 Å². The highest BCUT2D eigenvalue weighted by Gasteiger charge is 2.20. The van der Waals surface area contributed by atoms with E-state index in [2.05, 4.69) is 6.92 Å². The molecule has 0 heterocycles. The maximum Gasteiger partial charge on any atom is 0.154 e. The van der Waals surface area contributed by atoms with Gasteiger partial charge in [-0.05, 0) is 31.6 Å². The highest BCUT2D eigenvalue weighted by atomic mass is 16.7. The molecule has 1 unspecified atom stereocenters. The van der Waals surface area contributed by atoms with E-state index in [1.807, 2.05) is 6.92 Å². The Morgan fingerprint density at radius 1 is 1.14 bits per heavy atom. The molecule has 84 valence electrons. The van der Waals surface area contributed by atoms with Gasteiger partial charge in [0.05, 0.1) is 6.61 Å². The summed E-state index contributed by atoms with van der Waals surface area (Å²) in [6.07, 6.45) is 6.78. The molecule has 0 aromatic heterocycles. The molecular formula is C12H24O2. The second-order valence-corrected chi connectivity index (χ2v) is 4.43. The van der Waals surface area contributed by atoms with E-state index >= 15 is 0 Å². The Morgan fingerprint density at radius 3 is 2.21 bits per heavy atom. The molecule has 0 saturated heterocycles. The Bertz CT molecular complexity index is 139. The van der Waals surface area contributed by atoms with Gasteiger partial charge in [0.25, 0.3) is 0 Å². The van der Waals surface area contributed by atoms with E-state index < -0.39 is 0 Å². The molecule has 1 saturated carbocycles. The molecule has 0 radical (unpaired) electrons. The van der Waals surface area contributed by atoms with Crippen molar-refractivity contribution in [1.82, 2.24) is 0 Å². The van der Waals surface area contributed by atoms with Gasteiger partial charge in [0.1, 0.15) is 0 Å². The van der Waals surface area contributed by atoms with Crippen LogP contribution >= 0.6 is 0 Å². The van der Waals surface area contributed by atoms with E-state index in [0.717, 1.165) is 18.4 Å². The molecule has 1 rings (SSSR count). The second kappa shape index (κ2) is 6.41. The summed E-state index contributed by atoms with van der Waals surface area (Å²) >= 11 is 0. The van der Waals surface area contributed by atoms with Gasteiger partial charge in [-0.15, -0.1) is 0 Å². The van der Waals surface area contributed by atoms with Gasteiger partial charge in [0.2, 0.25) is 0 Å². The zero-order valence-corrected chi connectivity index (χ0v) is 9.79. The molecule has 0 spiro atoms. The lowest BCUT2D eigenvalue weighted by molar-refractivity contribution is -0.122. The smallest absolute Gasteiger partial charge is 0.154 e. The Labute approximate surface area is 88.0 Å². The fourth-order valence-electron chi connectivity index (χ4n) is 2.15. The van der Waals surface area contributed by atoms with E-state index in [9.17, 15) is 0 Å². The largest absolute Gasteiger partial charge is 0.356 e. The van der Waals surface area contributed by atoms with Gasteiger partial charge < -0.3 is 9.47 Å². The van der Waals surface area contributed by atoms with Crippen LogP contribution < -0.4 is 0 Å². The molecule has 14 heavy (non-hydrogen) atoms. The Balaban J connectivity index is 2.10. The molecule has 0 aromatic carbocycles. The molecule has 1 atom stereocenters. The first-order valence-electron chi connectivity index (χ1n) is 5.90. The minimum Gasteiger partial charge on any atom is -0.356 e. The zero-order chi connectivity index (χ0) is 10.4. The lowest BCUT2D eigenvalue weighted by Crippen LogP contribution is -2.21. The maximum atomic E-state index is 5.58. The number of ether oxygens (including phenoxy) is 2. The van der Waals surface area contributed by atoms with Crippen LogP contribution in [0.2, 0.25) is 0 Å². The average molecular weight is 200 g/mol. The first-order chi connectivity index (χ1) is 6.76. The van der Waals surface area contributed by atoms with Gasteiger partial charge in [0.15, 0.2) is 6.29 Å². The fourth-order valence-corrected chi connectivity index (χ4v) is 2.15. The fraction of sp³-hybridized carbons (Fsp3) is 1.00. The van der Waals surface area contributed by atoms with Gasteiger partial charge in [-0.1, -0.05) is 26.2 Å². The van der Waals surface area contributed by atoms with Crippen LogP contribution in [0, 0.1) is 11.8 Å². The lowest BCUT2D eigenvalue weighted by Gasteiger charge is -2.28. The molecule has 1 fully saturated rings. The van der Waals surface area contributed by atoms with Crippen LogP contribution in [0.5, 0.6) is 0 Å². The summed E-state index contributed by atoms with van der Waals surface area (Å²) in [6.45, 7) is 5.14. The molecule has 2 nitrogen and oxygen atoms in total. The molecule has 2 heteroatoms. The maximum absolute atomic E-state index is 5.58. The van der Waals surface area contributed by atoms with E-state index in [1.165, 1.54) is 32.1 Å². The molecule has 0 amide bonds. The first kappa shape index (κ1) is 12.0. The summed E-state index contributed by atoms with van der Waals surface area (Å²) in [6, 6.07) is 0. The standard InChI is InChI=1S/C12H24O2/c1-4-11-5-7-12(8-6-11)9-14-10(2)13-3/h10-12H,4-9H2,1-3H3. The third kappa shape index (κ3) is 3.97. The third-order valence-electron chi connectivity index (χ3n) is 3.44. The van der Waals surface area contributed by atoms with Crippen molar-refractivity contribution in [2.24, 2.45) is 11.8 Å². The zero-order valence-electron chi connectivity index (χ0n) is 9.79. The summed E-state index contributed by atoms with van der Waals surface area (Å²) in [5.74, 6) is 1.75. The number of rotatable bonds is 5. The minimum absolute atomic E-state index is 0.0427.